The van der Waals surface area contributed by atoms with Crippen molar-refractivity contribution >= 4 is 17.7 Å². The molecule has 0 spiro atoms. The molecule has 0 radical (unpaired) electrons. The van der Waals surface area contributed by atoms with Crippen molar-refractivity contribution in [2.45, 2.75) is 88.7 Å². The number of hydrogen-bond acceptors (Lipinski definition) is 5. The molecule has 1 aromatic rings. The second-order valence-electron chi connectivity index (χ2n) is 11.1. The van der Waals surface area contributed by atoms with Crippen molar-refractivity contribution in [1.29, 1.82) is 0 Å². The van der Waals surface area contributed by atoms with Crippen molar-refractivity contribution in [2.75, 3.05) is 13.1 Å². The fourth-order valence-electron chi connectivity index (χ4n) is 7.18. The van der Waals surface area contributed by atoms with Crippen LogP contribution in [-0.4, -0.2) is 64.5 Å². The lowest BCUT2D eigenvalue weighted by atomic mass is 9.42. The maximum atomic E-state index is 14.0. The van der Waals surface area contributed by atoms with Crippen LogP contribution in [0.3, 0.4) is 0 Å². The smallest absolute Gasteiger partial charge is 0.255 e. The molecule has 5 fully saturated rings. The molecule has 4 aliphatic carbocycles. The van der Waals surface area contributed by atoms with E-state index in [1.165, 1.54) is 0 Å². The number of hydrogen-bond donors (Lipinski definition) is 1. The van der Waals surface area contributed by atoms with E-state index in [1.807, 2.05) is 12.1 Å². The zero-order valence-electron chi connectivity index (χ0n) is 19.6. The molecule has 1 aromatic carbocycles. The van der Waals surface area contributed by atoms with Crippen LogP contribution >= 0.6 is 0 Å². The van der Waals surface area contributed by atoms with E-state index in [2.05, 4.69) is 17.1 Å². The molecule has 6 aliphatic rings. The first kappa shape index (κ1) is 22.0. The van der Waals surface area contributed by atoms with Gasteiger partial charge in [-0.2, -0.15) is 0 Å². The van der Waals surface area contributed by atoms with E-state index in [4.69, 9.17) is 4.74 Å². The predicted molar refractivity (Wildman–Crippen MR) is 122 cm³/mol. The van der Waals surface area contributed by atoms with Crippen LogP contribution in [0, 0.1) is 5.41 Å². The highest BCUT2D eigenvalue weighted by Crippen LogP contribution is 2.69. The van der Waals surface area contributed by atoms with E-state index in [0.717, 1.165) is 62.9 Å². The summed E-state index contributed by atoms with van der Waals surface area (Å²) in [7, 11) is 0. The molecular weight excluding hydrogens is 437 g/mol. The number of nitrogens with one attached hydrogen (secondary N) is 1. The molecule has 3 unspecified atom stereocenters. The van der Waals surface area contributed by atoms with Gasteiger partial charge in [-0.1, -0.05) is 6.92 Å². The van der Waals surface area contributed by atoms with Crippen LogP contribution in [0.25, 0.3) is 0 Å². The van der Waals surface area contributed by atoms with Gasteiger partial charge in [-0.25, -0.2) is 4.39 Å². The lowest BCUT2D eigenvalue weighted by Crippen LogP contribution is -2.68. The second-order valence-corrected chi connectivity index (χ2v) is 11.1. The van der Waals surface area contributed by atoms with Gasteiger partial charge in [-0.15, -0.1) is 0 Å². The van der Waals surface area contributed by atoms with E-state index in [9.17, 15) is 18.8 Å². The van der Waals surface area contributed by atoms with Crippen LogP contribution in [0.4, 0.5) is 4.39 Å². The first-order valence-electron chi connectivity index (χ1n) is 12.7. The molecule has 2 heterocycles. The minimum Gasteiger partial charge on any atom is -0.489 e. The van der Waals surface area contributed by atoms with Crippen LogP contribution < -0.4 is 10.1 Å². The molecule has 3 atom stereocenters. The summed E-state index contributed by atoms with van der Waals surface area (Å²) in [5, 5.41) is 2.34. The van der Waals surface area contributed by atoms with Gasteiger partial charge >= 0.3 is 0 Å². The summed E-state index contributed by atoms with van der Waals surface area (Å²) < 4.78 is 20.5. The van der Waals surface area contributed by atoms with Gasteiger partial charge in [0.2, 0.25) is 11.8 Å². The maximum Gasteiger partial charge on any atom is 0.255 e. The highest BCUT2D eigenvalue weighted by molar-refractivity contribution is 6.05. The Hall–Kier alpha value is -2.48. The van der Waals surface area contributed by atoms with E-state index in [1.54, 1.807) is 11.0 Å². The number of ether oxygens (including phenoxy) is 1. The van der Waals surface area contributed by atoms with Gasteiger partial charge in [0.15, 0.2) is 0 Å². The topological polar surface area (TPSA) is 79.0 Å². The number of piperidine rings is 1. The molecule has 7 rings (SSSR count). The molecule has 1 saturated heterocycles. The molecule has 34 heavy (non-hydrogen) atoms. The van der Waals surface area contributed by atoms with Gasteiger partial charge in [-0.3, -0.25) is 24.6 Å². The Morgan fingerprint density at radius 3 is 2.68 bits per heavy atom. The predicted octanol–water partition coefficient (Wildman–Crippen LogP) is 2.96. The summed E-state index contributed by atoms with van der Waals surface area (Å²) in [6.07, 6.45) is 6.02. The average molecular weight is 470 g/mol. The maximum absolute atomic E-state index is 14.0. The fourth-order valence-corrected chi connectivity index (χ4v) is 7.18. The molecule has 3 amide bonds. The van der Waals surface area contributed by atoms with Crippen molar-refractivity contribution in [2.24, 2.45) is 5.41 Å². The van der Waals surface area contributed by atoms with Crippen LogP contribution in [0.2, 0.25) is 0 Å². The minimum absolute atomic E-state index is 0.0769. The van der Waals surface area contributed by atoms with Crippen LogP contribution in [-0.2, 0) is 16.1 Å². The second kappa shape index (κ2) is 7.77. The first-order valence-corrected chi connectivity index (χ1v) is 12.7. The molecular formula is C26H32FN3O4. The van der Waals surface area contributed by atoms with Crippen molar-refractivity contribution in [3.8, 4) is 5.75 Å². The summed E-state index contributed by atoms with van der Waals surface area (Å²) in [4.78, 5) is 40.8. The van der Waals surface area contributed by atoms with Gasteiger partial charge < -0.3 is 9.64 Å². The normalized spacial score (nSPS) is 36.3. The molecule has 2 bridgehead atoms. The Morgan fingerprint density at radius 1 is 1.18 bits per heavy atom. The quantitative estimate of drug-likeness (QED) is 0.622. The third-order valence-electron chi connectivity index (χ3n) is 8.69. The third-order valence-corrected chi connectivity index (χ3v) is 8.69. The van der Waals surface area contributed by atoms with Crippen molar-refractivity contribution in [1.82, 2.24) is 15.1 Å². The Kier molecular flexibility index (Phi) is 5.03. The Labute approximate surface area is 199 Å². The molecule has 182 valence electrons. The number of carbonyl (C=O) groups excluding carboxylic acids is 3. The van der Waals surface area contributed by atoms with Gasteiger partial charge in [-0.05, 0) is 80.7 Å². The van der Waals surface area contributed by atoms with E-state index in [0.29, 0.717) is 24.6 Å². The number of imide groups is 1. The molecule has 2 aliphatic heterocycles. The van der Waals surface area contributed by atoms with E-state index < -0.39 is 17.6 Å². The monoisotopic (exact) mass is 469 g/mol. The summed E-state index contributed by atoms with van der Waals surface area (Å²) >= 11 is 0. The average Bonchev–Trinajstić information content (AvgIpc) is 3.34. The number of amides is 3. The largest absolute Gasteiger partial charge is 0.489 e. The zero-order valence-corrected chi connectivity index (χ0v) is 19.6. The van der Waals surface area contributed by atoms with Crippen molar-refractivity contribution in [3.05, 3.63) is 29.3 Å². The summed E-state index contributed by atoms with van der Waals surface area (Å²) in [6, 6.07) is 5.29. The highest BCUT2D eigenvalue weighted by atomic mass is 19.1. The lowest BCUT2D eigenvalue weighted by Gasteiger charge is -2.67. The van der Waals surface area contributed by atoms with Gasteiger partial charge in [0.1, 0.15) is 23.6 Å². The van der Waals surface area contributed by atoms with Gasteiger partial charge in [0, 0.05) is 31.1 Å². The van der Waals surface area contributed by atoms with E-state index >= 15 is 0 Å². The standard InChI is InChI=1S/C26H32FN3O4/c1-2-29(15-25-12-26(27,13-25)14-25)19-4-3-5-21(19)34-17-6-7-18-16(10-17)11-30(24(18)33)20-8-9-22(31)28-23(20)32/h6-7,10,19-21H,2-5,8-9,11-15H2,1H3,(H,28,31,32). The van der Waals surface area contributed by atoms with Gasteiger partial charge in [0.05, 0.1) is 0 Å². The Balaban J connectivity index is 1.13. The number of nitrogens with zero attached hydrogens (tertiary/aromatic N) is 2. The molecule has 0 aromatic heterocycles. The number of halogens is 1. The minimum atomic E-state index is -0.867. The summed E-state index contributed by atoms with van der Waals surface area (Å²) in [5.41, 5.74) is 0.773. The Bertz CT molecular complexity index is 1040. The number of fused-ring (bicyclic) bond motifs is 1. The summed E-state index contributed by atoms with van der Waals surface area (Å²) in [6.45, 7) is 4.42. The summed E-state index contributed by atoms with van der Waals surface area (Å²) in [5.74, 6) is -0.106. The molecule has 4 saturated carbocycles. The highest BCUT2D eigenvalue weighted by Gasteiger charge is 2.69. The van der Waals surface area contributed by atoms with Crippen LogP contribution in [0.15, 0.2) is 18.2 Å². The van der Waals surface area contributed by atoms with Crippen LogP contribution in [0.5, 0.6) is 5.75 Å². The SMILES string of the molecule is CCN(CC12CC(F)(C1)C2)C1CCCC1Oc1ccc2c(c1)CN(C1CCC(=O)NC1=O)C2=O. The number of carbonyl (C=O) groups is 3. The van der Waals surface area contributed by atoms with Gasteiger partial charge in [0.25, 0.3) is 5.91 Å². The molecule has 8 heteroatoms. The Morgan fingerprint density at radius 2 is 1.97 bits per heavy atom. The number of benzene rings is 1. The van der Waals surface area contributed by atoms with Crippen LogP contribution in [0.1, 0.15) is 74.2 Å². The van der Waals surface area contributed by atoms with Crippen molar-refractivity contribution < 1.29 is 23.5 Å². The molecule has 1 N–H and O–H groups in total. The third kappa shape index (κ3) is 3.53. The number of alkyl halides is 1. The number of likely N-dealkylation sites (N-methyl/N-ethyl adjacent to an activating group) is 1. The molecule has 7 nitrogen and oxygen atoms in total. The lowest BCUT2D eigenvalue weighted by molar-refractivity contribution is -0.224. The first-order chi connectivity index (χ1) is 16.3. The van der Waals surface area contributed by atoms with Crippen molar-refractivity contribution in [3.63, 3.8) is 0 Å². The fraction of sp³-hybridized carbons (Fsp3) is 0.654. The van der Waals surface area contributed by atoms with E-state index in [-0.39, 0.29) is 29.8 Å². The zero-order chi connectivity index (χ0) is 23.7. The number of rotatable bonds is 7.